The SMILES string of the molecule is O=CCN1CCC(C(=O)c2ccc(F)cc2)CC1. The molecule has 96 valence electrons. The van der Waals surface area contributed by atoms with E-state index in [4.69, 9.17) is 0 Å². The second-order valence-corrected chi connectivity index (χ2v) is 4.61. The van der Waals surface area contributed by atoms with Crippen LogP contribution in [0.5, 0.6) is 0 Å². The Bertz CT molecular complexity index is 422. The van der Waals surface area contributed by atoms with Gasteiger partial charge in [-0.2, -0.15) is 0 Å². The number of ketones is 1. The molecule has 1 aromatic rings. The maximum Gasteiger partial charge on any atom is 0.166 e. The van der Waals surface area contributed by atoms with Gasteiger partial charge in [-0.1, -0.05) is 0 Å². The van der Waals surface area contributed by atoms with Gasteiger partial charge in [-0.15, -0.1) is 0 Å². The summed E-state index contributed by atoms with van der Waals surface area (Å²) < 4.78 is 12.8. The van der Waals surface area contributed by atoms with E-state index in [9.17, 15) is 14.0 Å². The highest BCUT2D eigenvalue weighted by Gasteiger charge is 2.25. The molecule has 1 heterocycles. The first-order valence-electron chi connectivity index (χ1n) is 6.16. The summed E-state index contributed by atoms with van der Waals surface area (Å²) >= 11 is 0. The van der Waals surface area contributed by atoms with Crippen molar-refractivity contribution in [3.63, 3.8) is 0 Å². The van der Waals surface area contributed by atoms with Crippen molar-refractivity contribution >= 4 is 12.1 Å². The number of hydrogen-bond donors (Lipinski definition) is 0. The highest BCUT2D eigenvalue weighted by Crippen LogP contribution is 2.21. The number of nitrogens with zero attached hydrogens (tertiary/aromatic N) is 1. The van der Waals surface area contributed by atoms with Gasteiger partial charge in [0.1, 0.15) is 12.1 Å². The van der Waals surface area contributed by atoms with Crippen molar-refractivity contribution in [3.05, 3.63) is 35.6 Å². The molecular weight excluding hydrogens is 233 g/mol. The van der Waals surface area contributed by atoms with Gasteiger partial charge >= 0.3 is 0 Å². The number of carbonyl (C=O) groups excluding carboxylic acids is 2. The van der Waals surface area contributed by atoms with Crippen LogP contribution in [0, 0.1) is 11.7 Å². The minimum Gasteiger partial charge on any atom is -0.302 e. The summed E-state index contributed by atoms with van der Waals surface area (Å²) in [7, 11) is 0. The Kier molecular flexibility index (Phi) is 4.20. The van der Waals surface area contributed by atoms with E-state index < -0.39 is 0 Å². The van der Waals surface area contributed by atoms with E-state index in [-0.39, 0.29) is 17.5 Å². The number of Topliss-reactive ketones (excluding diaryl/α,β-unsaturated/α-hetero) is 1. The van der Waals surface area contributed by atoms with Crippen molar-refractivity contribution in [2.24, 2.45) is 5.92 Å². The molecule has 18 heavy (non-hydrogen) atoms. The van der Waals surface area contributed by atoms with Gasteiger partial charge in [0.2, 0.25) is 0 Å². The molecule has 1 aliphatic heterocycles. The lowest BCUT2D eigenvalue weighted by atomic mass is 9.89. The third kappa shape index (κ3) is 3.01. The maximum atomic E-state index is 12.8. The zero-order chi connectivity index (χ0) is 13.0. The Morgan fingerprint density at radius 3 is 2.44 bits per heavy atom. The number of likely N-dealkylation sites (tertiary alicyclic amines) is 1. The van der Waals surface area contributed by atoms with Gasteiger partial charge in [0, 0.05) is 11.5 Å². The summed E-state index contributed by atoms with van der Waals surface area (Å²) in [5.41, 5.74) is 0.574. The molecule has 0 atom stereocenters. The predicted octanol–water partition coefficient (Wildman–Crippen LogP) is 1.92. The molecule has 1 aliphatic rings. The Morgan fingerprint density at radius 2 is 1.89 bits per heavy atom. The van der Waals surface area contributed by atoms with Gasteiger partial charge < -0.3 is 4.79 Å². The van der Waals surface area contributed by atoms with Crippen molar-refractivity contribution in [2.75, 3.05) is 19.6 Å². The molecular formula is C14H16FNO2. The summed E-state index contributed by atoms with van der Waals surface area (Å²) in [6.07, 6.45) is 2.43. The molecule has 0 unspecified atom stereocenters. The smallest absolute Gasteiger partial charge is 0.166 e. The van der Waals surface area contributed by atoms with Crippen molar-refractivity contribution in [3.8, 4) is 0 Å². The summed E-state index contributed by atoms with van der Waals surface area (Å²) in [6.45, 7) is 1.99. The van der Waals surface area contributed by atoms with Gasteiger partial charge in [-0.25, -0.2) is 4.39 Å². The number of halogens is 1. The lowest BCUT2D eigenvalue weighted by molar-refractivity contribution is -0.109. The fourth-order valence-corrected chi connectivity index (χ4v) is 2.33. The topological polar surface area (TPSA) is 37.4 Å². The lowest BCUT2D eigenvalue weighted by Crippen LogP contribution is -2.37. The van der Waals surface area contributed by atoms with E-state index in [1.54, 1.807) is 0 Å². The fraction of sp³-hybridized carbons (Fsp3) is 0.429. The Labute approximate surface area is 106 Å². The fourth-order valence-electron chi connectivity index (χ4n) is 2.33. The molecule has 1 saturated heterocycles. The van der Waals surface area contributed by atoms with E-state index in [2.05, 4.69) is 0 Å². The Morgan fingerprint density at radius 1 is 1.28 bits per heavy atom. The van der Waals surface area contributed by atoms with E-state index in [1.807, 2.05) is 4.90 Å². The summed E-state index contributed by atoms with van der Waals surface area (Å²) in [6, 6.07) is 5.70. The average Bonchev–Trinajstić information content (AvgIpc) is 2.40. The molecule has 4 heteroatoms. The normalized spacial score (nSPS) is 17.6. The van der Waals surface area contributed by atoms with Crippen molar-refractivity contribution in [1.29, 1.82) is 0 Å². The van der Waals surface area contributed by atoms with Gasteiger partial charge in [0.15, 0.2) is 5.78 Å². The minimum absolute atomic E-state index is 0.00152. The molecule has 0 radical (unpaired) electrons. The highest BCUT2D eigenvalue weighted by molar-refractivity contribution is 5.97. The predicted molar refractivity (Wildman–Crippen MR) is 66.0 cm³/mol. The van der Waals surface area contributed by atoms with Crippen LogP contribution in [0.1, 0.15) is 23.2 Å². The van der Waals surface area contributed by atoms with Gasteiger partial charge in [-0.05, 0) is 50.2 Å². The van der Waals surface area contributed by atoms with Crippen LogP contribution in [0.4, 0.5) is 4.39 Å². The molecule has 0 aliphatic carbocycles. The molecule has 0 amide bonds. The zero-order valence-corrected chi connectivity index (χ0v) is 10.1. The number of piperidine rings is 1. The number of carbonyl (C=O) groups is 2. The maximum absolute atomic E-state index is 12.8. The molecule has 2 rings (SSSR count). The zero-order valence-electron chi connectivity index (χ0n) is 10.1. The Hall–Kier alpha value is -1.55. The summed E-state index contributed by atoms with van der Waals surface area (Å²) in [5, 5.41) is 0. The van der Waals surface area contributed by atoms with Gasteiger partial charge in [0.25, 0.3) is 0 Å². The van der Waals surface area contributed by atoms with E-state index >= 15 is 0 Å². The first kappa shape index (κ1) is 12.9. The second-order valence-electron chi connectivity index (χ2n) is 4.61. The summed E-state index contributed by atoms with van der Waals surface area (Å²) in [4.78, 5) is 24.6. The van der Waals surface area contributed by atoms with Gasteiger partial charge in [0.05, 0.1) is 6.54 Å². The number of aldehydes is 1. The molecule has 1 aromatic carbocycles. The van der Waals surface area contributed by atoms with Crippen LogP contribution in [-0.2, 0) is 4.79 Å². The van der Waals surface area contributed by atoms with Crippen LogP contribution in [0.25, 0.3) is 0 Å². The van der Waals surface area contributed by atoms with E-state index in [0.29, 0.717) is 12.1 Å². The first-order chi connectivity index (χ1) is 8.70. The monoisotopic (exact) mass is 249 g/mol. The number of hydrogen-bond acceptors (Lipinski definition) is 3. The van der Waals surface area contributed by atoms with Crippen molar-refractivity contribution in [2.45, 2.75) is 12.8 Å². The van der Waals surface area contributed by atoms with Crippen LogP contribution in [-0.4, -0.2) is 36.6 Å². The quantitative estimate of drug-likeness (QED) is 0.604. The molecule has 0 spiro atoms. The first-order valence-corrected chi connectivity index (χ1v) is 6.16. The second kappa shape index (κ2) is 5.87. The van der Waals surface area contributed by atoms with Crippen molar-refractivity contribution < 1.29 is 14.0 Å². The largest absolute Gasteiger partial charge is 0.302 e. The minimum atomic E-state index is -0.327. The van der Waals surface area contributed by atoms with Crippen LogP contribution < -0.4 is 0 Å². The van der Waals surface area contributed by atoms with Gasteiger partial charge in [-0.3, -0.25) is 9.69 Å². The molecule has 0 aromatic heterocycles. The molecule has 1 fully saturated rings. The Balaban J connectivity index is 1.95. The summed E-state index contributed by atoms with van der Waals surface area (Å²) in [5.74, 6) is -0.244. The van der Waals surface area contributed by atoms with Crippen LogP contribution in [0.15, 0.2) is 24.3 Å². The standard InChI is InChI=1S/C14H16FNO2/c15-13-3-1-11(2-4-13)14(18)12-5-7-16(8-6-12)9-10-17/h1-4,10,12H,5-9H2. The third-order valence-corrected chi connectivity index (χ3v) is 3.42. The van der Waals surface area contributed by atoms with Crippen LogP contribution in [0.2, 0.25) is 0 Å². The van der Waals surface area contributed by atoms with Crippen LogP contribution in [0.3, 0.4) is 0 Å². The number of benzene rings is 1. The number of rotatable bonds is 4. The van der Waals surface area contributed by atoms with Crippen LogP contribution >= 0.6 is 0 Å². The third-order valence-electron chi connectivity index (χ3n) is 3.42. The average molecular weight is 249 g/mol. The highest BCUT2D eigenvalue weighted by atomic mass is 19.1. The van der Waals surface area contributed by atoms with E-state index in [1.165, 1.54) is 24.3 Å². The molecule has 0 N–H and O–H groups in total. The van der Waals surface area contributed by atoms with E-state index in [0.717, 1.165) is 32.2 Å². The lowest BCUT2D eigenvalue weighted by Gasteiger charge is -2.29. The van der Waals surface area contributed by atoms with Crippen molar-refractivity contribution in [1.82, 2.24) is 4.90 Å². The molecule has 0 bridgehead atoms. The molecule has 0 saturated carbocycles. The molecule has 3 nitrogen and oxygen atoms in total.